The van der Waals surface area contributed by atoms with Gasteiger partial charge in [-0.25, -0.2) is 4.79 Å². The van der Waals surface area contributed by atoms with E-state index in [4.69, 9.17) is 13.7 Å². The first-order valence-corrected chi connectivity index (χ1v) is 10.8. The summed E-state index contributed by atoms with van der Waals surface area (Å²) in [6.45, 7) is 4.48. The van der Waals surface area contributed by atoms with Crippen molar-refractivity contribution in [3.8, 4) is 17.0 Å². The largest absolute Gasteiger partial charge is 0.494 e. The summed E-state index contributed by atoms with van der Waals surface area (Å²) in [5.74, 6) is 0.593. The zero-order valence-electron chi connectivity index (χ0n) is 17.3. The van der Waals surface area contributed by atoms with Gasteiger partial charge in [-0.15, -0.1) is 11.3 Å². The van der Waals surface area contributed by atoms with Gasteiger partial charge < -0.3 is 13.7 Å². The van der Waals surface area contributed by atoms with Crippen LogP contribution < -0.4 is 15.7 Å². The van der Waals surface area contributed by atoms with Gasteiger partial charge in [-0.1, -0.05) is 16.8 Å². The van der Waals surface area contributed by atoms with E-state index < -0.39 is 5.63 Å². The number of hydrogen-bond acceptors (Lipinski definition) is 7. The van der Waals surface area contributed by atoms with Crippen molar-refractivity contribution in [1.82, 2.24) is 5.16 Å². The number of nitrogens with one attached hydrogen (secondary N) is 1. The molecule has 0 spiro atoms. The molecular formula is C24H18N2O5S. The van der Waals surface area contributed by atoms with Crippen molar-refractivity contribution >= 4 is 44.2 Å². The number of benzene rings is 2. The highest BCUT2D eigenvalue weighted by Gasteiger charge is 2.18. The quantitative estimate of drug-likeness (QED) is 0.352. The Morgan fingerprint density at radius 2 is 1.91 bits per heavy atom. The minimum absolute atomic E-state index is 0.212. The third kappa shape index (κ3) is 3.65. The number of aryl methyl sites for hydroxylation is 1. The van der Waals surface area contributed by atoms with E-state index in [9.17, 15) is 9.59 Å². The van der Waals surface area contributed by atoms with Gasteiger partial charge in [0.2, 0.25) is 5.88 Å². The molecule has 0 bridgehead atoms. The van der Waals surface area contributed by atoms with Gasteiger partial charge in [-0.2, -0.15) is 0 Å². The smallest absolute Gasteiger partial charge is 0.345 e. The molecule has 3 heterocycles. The van der Waals surface area contributed by atoms with Crippen LogP contribution in [0, 0.1) is 6.92 Å². The second kappa shape index (κ2) is 7.97. The van der Waals surface area contributed by atoms with E-state index in [1.54, 1.807) is 18.2 Å². The van der Waals surface area contributed by atoms with Crippen molar-refractivity contribution in [3.05, 3.63) is 75.5 Å². The van der Waals surface area contributed by atoms with Gasteiger partial charge in [0.15, 0.2) is 0 Å². The summed E-state index contributed by atoms with van der Waals surface area (Å²) in [4.78, 5) is 25.6. The van der Waals surface area contributed by atoms with Gasteiger partial charge in [0.25, 0.3) is 5.91 Å². The number of anilines is 1. The predicted octanol–water partition coefficient (Wildman–Crippen LogP) is 5.62. The van der Waals surface area contributed by atoms with Crippen LogP contribution in [0.15, 0.2) is 68.3 Å². The molecule has 0 aliphatic rings. The molecule has 0 atom stereocenters. The second-order valence-corrected chi connectivity index (χ2v) is 8.28. The van der Waals surface area contributed by atoms with Crippen LogP contribution in [0.2, 0.25) is 0 Å². The molecule has 0 aliphatic carbocycles. The van der Waals surface area contributed by atoms with E-state index in [2.05, 4.69) is 10.5 Å². The number of thiophene rings is 1. The molecule has 0 aliphatic heterocycles. The Hall–Kier alpha value is -3.91. The minimum atomic E-state index is -0.468. The molecule has 8 heteroatoms. The molecule has 0 fully saturated rings. The van der Waals surface area contributed by atoms with Crippen molar-refractivity contribution in [3.63, 3.8) is 0 Å². The number of rotatable bonds is 5. The minimum Gasteiger partial charge on any atom is -0.494 e. The first-order valence-electron chi connectivity index (χ1n) is 10.00. The van der Waals surface area contributed by atoms with Gasteiger partial charge in [-0.3, -0.25) is 10.1 Å². The van der Waals surface area contributed by atoms with E-state index in [0.29, 0.717) is 28.1 Å². The molecule has 5 rings (SSSR count). The van der Waals surface area contributed by atoms with Crippen LogP contribution in [0.25, 0.3) is 32.3 Å². The number of fused-ring (bicyclic) bond motifs is 3. The third-order valence-electron chi connectivity index (χ3n) is 4.97. The normalized spacial score (nSPS) is 11.2. The molecule has 5 aromatic rings. The average molecular weight is 446 g/mol. The van der Waals surface area contributed by atoms with Gasteiger partial charge in [-0.05, 0) is 56.3 Å². The standard InChI is InChI=1S/C24H18N2O5S/c1-3-29-15-7-5-14(6-8-15)18-12-21(31-26-18)25-23(27)20-11-17-22(32-20)16-10-13(2)4-9-19(16)30-24(17)28/h4-12H,3H2,1-2H3,(H,25,27). The number of carbonyl (C=O) groups is 1. The Kier molecular flexibility index (Phi) is 4.99. The van der Waals surface area contributed by atoms with Crippen molar-refractivity contribution in [2.45, 2.75) is 13.8 Å². The van der Waals surface area contributed by atoms with Crippen molar-refractivity contribution < 1.29 is 18.5 Å². The van der Waals surface area contributed by atoms with Gasteiger partial charge in [0.1, 0.15) is 17.0 Å². The predicted molar refractivity (Wildman–Crippen MR) is 124 cm³/mol. The lowest BCUT2D eigenvalue weighted by Crippen LogP contribution is -2.09. The van der Waals surface area contributed by atoms with E-state index in [1.165, 1.54) is 11.3 Å². The Labute approximate surface area is 186 Å². The fourth-order valence-corrected chi connectivity index (χ4v) is 4.51. The maximum absolute atomic E-state index is 12.8. The van der Waals surface area contributed by atoms with Crippen molar-refractivity contribution in [2.24, 2.45) is 0 Å². The van der Waals surface area contributed by atoms with Crippen LogP contribution in [-0.2, 0) is 0 Å². The molecule has 0 saturated heterocycles. The Morgan fingerprint density at radius 1 is 1.09 bits per heavy atom. The van der Waals surface area contributed by atoms with E-state index >= 15 is 0 Å². The summed E-state index contributed by atoms with van der Waals surface area (Å²) in [5, 5.41) is 7.92. The molecule has 0 unspecified atom stereocenters. The number of amides is 1. The molecule has 2 aromatic carbocycles. The number of ether oxygens (including phenoxy) is 1. The summed E-state index contributed by atoms with van der Waals surface area (Å²) in [6.07, 6.45) is 0. The lowest BCUT2D eigenvalue weighted by Gasteiger charge is -2.02. The summed E-state index contributed by atoms with van der Waals surface area (Å²) in [5.41, 5.74) is 2.48. The molecule has 32 heavy (non-hydrogen) atoms. The van der Waals surface area contributed by atoms with Gasteiger partial charge >= 0.3 is 5.63 Å². The Bertz CT molecular complexity index is 1510. The van der Waals surface area contributed by atoms with E-state index in [0.717, 1.165) is 27.0 Å². The molecular weight excluding hydrogens is 428 g/mol. The monoisotopic (exact) mass is 446 g/mol. The number of aromatic nitrogens is 1. The molecule has 0 saturated carbocycles. The Balaban J connectivity index is 1.42. The first-order chi connectivity index (χ1) is 15.5. The average Bonchev–Trinajstić information content (AvgIpc) is 3.43. The highest BCUT2D eigenvalue weighted by molar-refractivity contribution is 7.21. The summed E-state index contributed by atoms with van der Waals surface area (Å²) in [7, 11) is 0. The SMILES string of the molecule is CCOc1ccc(-c2cc(NC(=O)c3cc4c(=O)oc5ccc(C)cc5c4s3)on2)cc1. The zero-order valence-corrected chi connectivity index (χ0v) is 18.1. The maximum atomic E-state index is 12.8. The fourth-order valence-electron chi connectivity index (χ4n) is 3.45. The topological polar surface area (TPSA) is 94.6 Å². The number of hydrogen-bond donors (Lipinski definition) is 1. The zero-order chi connectivity index (χ0) is 22.2. The molecule has 0 radical (unpaired) electrons. The summed E-state index contributed by atoms with van der Waals surface area (Å²) < 4.78 is 16.8. The molecule has 160 valence electrons. The lowest BCUT2D eigenvalue weighted by molar-refractivity contribution is 0.102. The number of nitrogens with zero attached hydrogens (tertiary/aromatic N) is 1. The van der Waals surface area contributed by atoms with Gasteiger partial charge in [0, 0.05) is 17.0 Å². The fraction of sp³-hybridized carbons (Fsp3) is 0.125. The third-order valence-corrected chi connectivity index (χ3v) is 6.13. The van der Waals surface area contributed by atoms with Gasteiger partial charge in [0.05, 0.1) is 21.6 Å². The van der Waals surface area contributed by atoms with Crippen LogP contribution in [-0.4, -0.2) is 17.7 Å². The van der Waals surface area contributed by atoms with Crippen LogP contribution >= 0.6 is 11.3 Å². The van der Waals surface area contributed by atoms with Crippen LogP contribution in [0.3, 0.4) is 0 Å². The van der Waals surface area contributed by atoms with Crippen LogP contribution in [0.4, 0.5) is 5.88 Å². The number of carbonyl (C=O) groups excluding carboxylic acids is 1. The highest BCUT2D eigenvalue weighted by Crippen LogP contribution is 2.32. The molecule has 7 nitrogen and oxygen atoms in total. The van der Waals surface area contributed by atoms with E-state index in [-0.39, 0.29) is 11.8 Å². The second-order valence-electron chi connectivity index (χ2n) is 7.23. The van der Waals surface area contributed by atoms with Crippen LogP contribution in [0.1, 0.15) is 22.2 Å². The summed E-state index contributed by atoms with van der Waals surface area (Å²) >= 11 is 1.24. The van der Waals surface area contributed by atoms with Crippen molar-refractivity contribution in [1.29, 1.82) is 0 Å². The summed E-state index contributed by atoms with van der Waals surface area (Å²) in [6, 6.07) is 16.2. The molecule has 1 amide bonds. The first kappa shape index (κ1) is 20.0. The van der Waals surface area contributed by atoms with Crippen molar-refractivity contribution in [2.75, 3.05) is 11.9 Å². The Morgan fingerprint density at radius 3 is 2.69 bits per heavy atom. The highest BCUT2D eigenvalue weighted by atomic mass is 32.1. The van der Waals surface area contributed by atoms with Crippen LogP contribution in [0.5, 0.6) is 5.75 Å². The van der Waals surface area contributed by atoms with E-state index in [1.807, 2.05) is 50.2 Å². The lowest BCUT2D eigenvalue weighted by atomic mass is 10.1. The molecule has 1 N–H and O–H groups in total. The molecule has 3 aromatic heterocycles. The maximum Gasteiger partial charge on any atom is 0.345 e.